The van der Waals surface area contributed by atoms with Crippen LogP contribution < -0.4 is 10.7 Å². The number of fused-ring (bicyclic) bond motifs is 1. The van der Waals surface area contributed by atoms with Gasteiger partial charge in [-0.1, -0.05) is 33.8 Å². The fraction of sp³-hybridized carbons (Fsp3) is 0.786. The Morgan fingerprint density at radius 2 is 1.62 bits per heavy atom. The molecule has 1 aromatic carbocycles. The number of rotatable bonds is 21. The molecule has 3 fully saturated rings. The molecule has 20 heteroatoms. The number of Topliss-reactive ketones (excluding diaryl/α,β-unsaturated/α-hetero) is 1. The SMILES string of the molecule is CC[C@@H]1OC(=O)[C@H](C)[C@H](O[C@@H]2C[C@H](OC)[C@H](OCCNCCOCCCc3ccc4c(c3)c(=O)c(C(=O)O)cn4CC)[C@H](C)O2)[C@@H](C)[C@H](O[C@H]2O[C@@H](C)C[C@@H](N(C)C)[C@H]2O)[C@](C)(OC)C[C@H](C)C(=O)[C@H](C)[C@H](O)[C@@]1(C)O. The Morgan fingerprint density at radius 3 is 2.25 bits per heavy atom. The van der Waals surface area contributed by atoms with Crippen LogP contribution in [0.1, 0.15) is 117 Å². The zero-order chi connectivity index (χ0) is 56.4. The summed E-state index contributed by atoms with van der Waals surface area (Å²) in [6.07, 6.45) is -5.92. The topological polar surface area (TPSA) is 252 Å². The molecule has 0 amide bonds. The van der Waals surface area contributed by atoms with Crippen molar-refractivity contribution in [2.75, 3.05) is 61.2 Å². The zero-order valence-electron chi connectivity index (χ0n) is 47.5. The van der Waals surface area contributed by atoms with Crippen molar-refractivity contribution in [2.24, 2.45) is 23.7 Å². The molecule has 0 aliphatic carbocycles. The number of aliphatic hydroxyl groups is 3. The molecule has 0 spiro atoms. The number of methoxy groups -OCH3 is 2. The number of nitrogens with one attached hydrogen (secondary N) is 1. The zero-order valence-corrected chi connectivity index (χ0v) is 47.5. The number of benzene rings is 1. The second-order valence-corrected chi connectivity index (χ2v) is 22.1. The summed E-state index contributed by atoms with van der Waals surface area (Å²) in [4.78, 5) is 55.2. The van der Waals surface area contributed by atoms with E-state index < -0.39 is 114 Å². The Balaban J connectivity index is 1.26. The van der Waals surface area contributed by atoms with Gasteiger partial charge in [0.25, 0.3) is 0 Å². The molecule has 5 N–H and O–H groups in total. The fourth-order valence-corrected chi connectivity index (χ4v) is 11.6. The molecule has 18 atom stereocenters. The Bertz CT molecular complexity index is 2260. The molecule has 3 aliphatic rings. The van der Waals surface area contributed by atoms with E-state index in [2.05, 4.69) is 5.32 Å². The van der Waals surface area contributed by atoms with E-state index in [1.165, 1.54) is 20.2 Å². The van der Waals surface area contributed by atoms with Crippen LogP contribution in [-0.2, 0) is 65.2 Å². The normalized spacial score (nSPS) is 36.3. The van der Waals surface area contributed by atoms with E-state index in [4.69, 9.17) is 42.6 Å². The van der Waals surface area contributed by atoms with Crippen molar-refractivity contribution in [2.45, 2.75) is 199 Å². The standard InChI is InChI=1S/C56H91N3O17/c1-15-43-56(10,67)50(63)33(5)45(60)31(3)29-55(9,69-14)51(76-54-47(62)41(58(11)12)26-32(4)72-54)34(6)48(35(7)53(66)74-43)75-44-28-42(68-13)49(36(8)73-44)71-25-22-57-21-24-70-23-17-18-37-19-20-40-38(27-37)46(61)39(52(64)65)30-59(40)16-2/h19-20,27,30-36,41-44,47-51,54,57,62-63,67H,15-18,21-26,28-29H2,1-14H3,(H,64,65)/t31-,32-,33-,34+,35+,36-,41+,42-,43-,44+,47+,48+,49+,50-,51-,54+,55+,56-/m0/s1. The van der Waals surface area contributed by atoms with Crippen LogP contribution in [-0.4, -0.2) is 194 Å². The molecule has 0 unspecified atom stereocenters. The van der Waals surface area contributed by atoms with Crippen molar-refractivity contribution in [1.29, 1.82) is 0 Å². The van der Waals surface area contributed by atoms with Gasteiger partial charge < -0.3 is 77.8 Å². The molecule has 432 valence electrons. The lowest BCUT2D eigenvalue weighted by Gasteiger charge is -2.49. The first-order chi connectivity index (χ1) is 35.8. The average Bonchev–Trinajstić information content (AvgIpc) is 3.38. The number of hydrogen-bond donors (Lipinski definition) is 5. The predicted molar refractivity (Wildman–Crippen MR) is 283 cm³/mol. The third-order valence-corrected chi connectivity index (χ3v) is 16.2. The smallest absolute Gasteiger partial charge is 0.341 e. The highest BCUT2D eigenvalue weighted by molar-refractivity contribution is 5.92. The summed E-state index contributed by atoms with van der Waals surface area (Å²) >= 11 is 0. The van der Waals surface area contributed by atoms with Gasteiger partial charge in [0.15, 0.2) is 12.6 Å². The summed E-state index contributed by atoms with van der Waals surface area (Å²) in [5, 5.41) is 48.5. The Kier molecular flexibility index (Phi) is 23.4. The molecule has 0 radical (unpaired) electrons. The second-order valence-electron chi connectivity index (χ2n) is 22.1. The number of likely N-dealkylation sites (N-methyl/N-ethyl adjacent to an activating group) is 1. The quantitative estimate of drug-likeness (QED) is 0.0861. The number of ketones is 1. The first-order valence-electron chi connectivity index (χ1n) is 27.3. The Morgan fingerprint density at radius 1 is 0.921 bits per heavy atom. The number of hydrogen-bond acceptors (Lipinski definition) is 18. The summed E-state index contributed by atoms with van der Waals surface area (Å²) < 4.78 is 59.1. The van der Waals surface area contributed by atoms with E-state index in [0.717, 1.165) is 5.56 Å². The molecule has 3 aliphatic heterocycles. The molecule has 3 saturated heterocycles. The van der Waals surface area contributed by atoms with Gasteiger partial charge in [0.1, 0.15) is 35.3 Å². The molecule has 2 aromatic rings. The van der Waals surface area contributed by atoms with Gasteiger partial charge in [-0.15, -0.1) is 0 Å². The number of carbonyl (C=O) groups excluding carboxylic acids is 2. The first kappa shape index (κ1) is 63.4. The van der Waals surface area contributed by atoms with Crippen LogP contribution in [0.15, 0.2) is 29.2 Å². The van der Waals surface area contributed by atoms with Gasteiger partial charge in [-0.05, 0) is 105 Å². The number of carboxylic acid groups (broad SMARTS) is 1. The molecular formula is C56H91N3O17. The minimum atomic E-state index is -1.99. The number of nitrogens with zero attached hydrogens (tertiary/aromatic N) is 2. The number of pyridine rings is 1. The largest absolute Gasteiger partial charge is 0.477 e. The summed E-state index contributed by atoms with van der Waals surface area (Å²) in [7, 11) is 6.87. The molecule has 4 heterocycles. The summed E-state index contributed by atoms with van der Waals surface area (Å²) in [5.74, 6) is -5.82. The lowest BCUT2D eigenvalue weighted by molar-refractivity contribution is -0.314. The summed E-state index contributed by atoms with van der Waals surface area (Å²) in [6, 6.07) is 5.29. The van der Waals surface area contributed by atoms with Crippen molar-refractivity contribution in [3.63, 3.8) is 0 Å². The molecule has 0 bridgehead atoms. The highest BCUT2D eigenvalue weighted by Crippen LogP contribution is 2.41. The first-order valence-corrected chi connectivity index (χ1v) is 27.3. The minimum Gasteiger partial charge on any atom is -0.477 e. The maximum atomic E-state index is 14.5. The fourth-order valence-electron chi connectivity index (χ4n) is 11.6. The predicted octanol–water partition coefficient (Wildman–Crippen LogP) is 4.35. The molecular weight excluding hydrogens is 987 g/mol. The molecule has 0 saturated carbocycles. The van der Waals surface area contributed by atoms with E-state index >= 15 is 0 Å². The van der Waals surface area contributed by atoms with Crippen molar-refractivity contribution in [3.05, 3.63) is 45.7 Å². The van der Waals surface area contributed by atoms with Crippen molar-refractivity contribution in [3.8, 4) is 0 Å². The van der Waals surface area contributed by atoms with Crippen LogP contribution in [0, 0.1) is 23.7 Å². The number of aryl methyl sites for hydroxylation is 2. The van der Waals surface area contributed by atoms with Crippen LogP contribution in [0.25, 0.3) is 10.9 Å². The van der Waals surface area contributed by atoms with E-state index in [9.17, 15) is 39.6 Å². The Labute approximate surface area is 449 Å². The van der Waals surface area contributed by atoms with Crippen LogP contribution in [0.2, 0.25) is 0 Å². The van der Waals surface area contributed by atoms with E-state index in [1.807, 2.05) is 65.7 Å². The number of aliphatic hydroxyl groups excluding tert-OH is 2. The minimum absolute atomic E-state index is 0.0939. The van der Waals surface area contributed by atoms with Crippen LogP contribution in [0.5, 0.6) is 0 Å². The highest BCUT2D eigenvalue weighted by atomic mass is 16.7. The Hall–Kier alpha value is -3.48. The number of carboxylic acids is 1. The molecule has 5 rings (SSSR count). The maximum absolute atomic E-state index is 14.5. The molecule has 20 nitrogen and oxygen atoms in total. The van der Waals surface area contributed by atoms with Crippen LogP contribution in [0.4, 0.5) is 0 Å². The van der Waals surface area contributed by atoms with Crippen LogP contribution in [0.3, 0.4) is 0 Å². The molecule has 1 aromatic heterocycles. The number of esters is 1. The average molecular weight is 1080 g/mol. The van der Waals surface area contributed by atoms with E-state index in [0.29, 0.717) is 69.6 Å². The van der Waals surface area contributed by atoms with Crippen molar-refractivity contribution >= 4 is 28.6 Å². The van der Waals surface area contributed by atoms with Gasteiger partial charge in [-0.2, -0.15) is 0 Å². The van der Waals surface area contributed by atoms with Gasteiger partial charge in [-0.25, -0.2) is 4.79 Å². The van der Waals surface area contributed by atoms with Gasteiger partial charge in [0, 0.05) is 82.3 Å². The maximum Gasteiger partial charge on any atom is 0.341 e. The summed E-state index contributed by atoms with van der Waals surface area (Å²) in [6.45, 7) is 20.4. The number of carbonyl (C=O) groups is 3. The van der Waals surface area contributed by atoms with E-state index in [-0.39, 0.29) is 42.8 Å². The monoisotopic (exact) mass is 1080 g/mol. The third kappa shape index (κ3) is 15.0. The second kappa shape index (κ2) is 28.1. The lowest BCUT2D eigenvalue weighted by atomic mass is 9.74. The molecule has 76 heavy (non-hydrogen) atoms. The number of aromatic nitrogens is 1. The van der Waals surface area contributed by atoms with Crippen LogP contribution >= 0.6 is 0 Å². The van der Waals surface area contributed by atoms with Gasteiger partial charge >= 0.3 is 11.9 Å². The number of ether oxygens (including phenoxy) is 9. The third-order valence-electron chi connectivity index (χ3n) is 16.2. The number of cyclic esters (lactones) is 1. The van der Waals surface area contributed by atoms with Crippen molar-refractivity contribution in [1.82, 2.24) is 14.8 Å². The number of aromatic carboxylic acids is 1. The lowest BCUT2D eigenvalue weighted by Crippen LogP contribution is -2.61. The summed E-state index contributed by atoms with van der Waals surface area (Å²) in [5.41, 5.74) is -2.38. The van der Waals surface area contributed by atoms with Gasteiger partial charge in [0.05, 0.1) is 66.9 Å². The van der Waals surface area contributed by atoms with Crippen molar-refractivity contribution < 1.29 is 77.4 Å². The van der Waals surface area contributed by atoms with Gasteiger partial charge in [0.2, 0.25) is 5.43 Å². The van der Waals surface area contributed by atoms with Gasteiger partial charge in [-0.3, -0.25) is 14.4 Å². The van der Waals surface area contributed by atoms with E-state index in [1.54, 1.807) is 45.4 Å². The highest BCUT2D eigenvalue weighted by Gasteiger charge is 2.53.